The molecule has 0 spiro atoms. The highest BCUT2D eigenvalue weighted by Gasteiger charge is 2.28. The number of para-hydroxylation sites is 3. The normalized spacial score (nSPS) is 14.8. The van der Waals surface area contributed by atoms with Crippen LogP contribution in [0, 0.1) is 0 Å². The summed E-state index contributed by atoms with van der Waals surface area (Å²) >= 11 is 1.39. The van der Waals surface area contributed by atoms with Crippen LogP contribution in [-0.4, -0.2) is 11.1 Å². The van der Waals surface area contributed by atoms with Crippen LogP contribution in [0.5, 0.6) is 0 Å². The highest BCUT2D eigenvalue weighted by molar-refractivity contribution is 8.18. The van der Waals surface area contributed by atoms with E-state index in [1.807, 2.05) is 108 Å². The number of hydrogen-bond donors (Lipinski definition) is 0. The molecule has 6 rings (SSSR count). The molecule has 0 atom stereocenters. The Hall–Kier alpha value is -4.09. The monoisotopic (exact) mass is 446 g/mol. The molecular weight excluding hydrogens is 428 g/mol. The molecule has 4 aromatic carbocycles. The molecule has 0 N–H and O–H groups in total. The summed E-state index contributed by atoms with van der Waals surface area (Å²) in [4.78, 5) is 19.9. The SMILES string of the molecule is O=C1N=C(N(c2ccccc2)c2ccccc2)S/C1=C/c1ccc2oc3ccccc3c2c1. The van der Waals surface area contributed by atoms with Gasteiger partial charge in [0.25, 0.3) is 5.91 Å². The third kappa shape index (κ3) is 3.62. The zero-order valence-electron chi connectivity index (χ0n) is 17.5. The summed E-state index contributed by atoms with van der Waals surface area (Å²) in [5.74, 6) is -0.232. The second-order valence-corrected chi connectivity index (χ2v) is 8.68. The lowest BCUT2D eigenvalue weighted by Crippen LogP contribution is -2.21. The first-order valence-corrected chi connectivity index (χ1v) is 11.4. The fraction of sp³-hybridized carbons (Fsp3) is 0. The first kappa shape index (κ1) is 19.6. The van der Waals surface area contributed by atoms with E-state index in [2.05, 4.69) is 11.1 Å². The van der Waals surface area contributed by atoms with Gasteiger partial charge in [-0.05, 0) is 65.9 Å². The third-order valence-corrected chi connectivity index (χ3v) is 6.50. The summed E-state index contributed by atoms with van der Waals surface area (Å²) in [5, 5.41) is 2.74. The summed E-state index contributed by atoms with van der Waals surface area (Å²) in [6, 6.07) is 33.9. The number of amidine groups is 1. The van der Waals surface area contributed by atoms with Gasteiger partial charge < -0.3 is 4.42 Å². The van der Waals surface area contributed by atoms with Gasteiger partial charge in [-0.3, -0.25) is 9.69 Å². The van der Waals surface area contributed by atoms with Crippen molar-refractivity contribution >= 4 is 62.2 Å². The molecule has 0 saturated heterocycles. The van der Waals surface area contributed by atoms with Gasteiger partial charge in [-0.25, -0.2) is 0 Å². The number of fused-ring (bicyclic) bond motifs is 3. The van der Waals surface area contributed by atoms with Crippen LogP contribution >= 0.6 is 11.8 Å². The molecule has 5 heteroatoms. The van der Waals surface area contributed by atoms with Gasteiger partial charge in [0, 0.05) is 22.1 Å². The second-order valence-electron chi connectivity index (χ2n) is 7.67. The summed E-state index contributed by atoms with van der Waals surface area (Å²) in [5.41, 5.74) is 4.54. The van der Waals surface area contributed by atoms with Crippen molar-refractivity contribution in [3.63, 3.8) is 0 Å². The van der Waals surface area contributed by atoms with E-state index in [0.29, 0.717) is 10.1 Å². The maximum Gasteiger partial charge on any atom is 0.286 e. The fourth-order valence-electron chi connectivity index (χ4n) is 4.00. The van der Waals surface area contributed by atoms with Crippen molar-refractivity contribution < 1.29 is 9.21 Å². The van der Waals surface area contributed by atoms with Crippen LogP contribution in [0.25, 0.3) is 28.0 Å². The fourth-order valence-corrected chi connectivity index (χ4v) is 4.96. The second kappa shape index (κ2) is 8.11. The summed E-state index contributed by atoms with van der Waals surface area (Å²) < 4.78 is 5.92. The number of amides is 1. The molecule has 2 heterocycles. The molecule has 0 unspecified atom stereocenters. The summed E-state index contributed by atoms with van der Waals surface area (Å²) in [7, 11) is 0. The number of nitrogens with zero attached hydrogens (tertiary/aromatic N) is 2. The quantitative estimate of drug-likeness (QED) is 0.271. The first-order valence-electron chi connectivity index (χ1n) is 10.6. The van der Waals surface area contributed by atoms with Crippen LogP contribution in [0.15, 0.2) is 117 Å². The largest absolute Gasteiger partial charge is 0.456 e. The molecule has 0 radical (unpaired) electrons. The summed E-state index contributed by atoms with van der Waals surface area (Å²) in [6.45, 7) is 0. The van der Waals surface area contributed by atoms with Crippen molar-refractivity contribution in [1.82, 2.24) is 0 Å². The van der Waals surface area contributed by atoms with Gasteiger partial charge in [0.15, 0.2) is 5.17 Å². The molecule has 0 fully saturated rings. The van der Waals surface area contributed by atoms with Crippen LogP contribution in [0.1, 0.15) is 5.56 Å². The van der Waals surface area contributed by atoms with E-state index in [-0.39, 0.29) is 5.91 Å². The van der Waals surface area contributed by atoms with Crippen molar-refractivity contribution in [2.45, 2.75) is 0 Å². The Morgan fingerprint density at radius 3 is 2.09 bits per heavy atom. The molecule has 1 aliphatic heterocycles. The Morgan fingerprint density at radius 1 is 0.727 bits per heavy atom. The van der Waals surface area contributed by atoms with Crippen LogP contribution in [0.3, 0.4) is 0 Å². The maximum absolute atomic E-state index is 12.9. The van der Waals surface area contributed by atoms with Crippen LogP contribution in [0.2, 0.25) is 0 Å². The number of rotatable bonds is 3. The average Bonchev–Trinajstić information content (AvgIpc) is 3.40. The number of hydrogen-bond acceptors (Lipinski definition) is 4. The Kier molecular flexibility index (Phi) is 4.82. The van der Waals surface area contributed by atoms with Gasteiger partial charge in [-0.1, -0.05) is 60.7 Å². The Labute approximate surface area is 194 Å². The van der Waals surface area contributed by atoms with Crippen molar-refractivity contribution in [2.24, 2.45) is 4.99 Å². The van der Waals surface area contributed by atoms with E-state index < -0.39 is 0 Å². The van der Waals surface area contributed by atoms with Crippen molar-refractivity contribution in [1.29, 1.82) is 0 Å². The van der Waals surface area contributed by atoms with Crippen molar-refractivity contribution in [2.75, 3.05) is 4.90 Å². The molecule has 1 aromatic heterocycles. The van der Waals surface area contributed by atoms with Crippen LogP contribution in [0.4, 0.5) is 11.4 Å². The number of thioether (sulfide) groups is 1. The Bertz CT molecular complexity index is 1510. The predicted octanol–water partition coefficient (Wildman–Crippen LogP) is 7.39. The zero-order valence-corrected chi connectivity index (χ0v) is 18.3. The minimum atomic E-state index is -0.232. The topological polar surface area (TPSA) is 45.8 Å². The molecule has 33 heavy (non-hydrogen) atoms. The highest BCUT2D eigenvalue weighted by atomic mass is 32.2. The van der Waals surface area contributed by atoms with E-state index in [1.54, 1.807) is 0 Å². The number of anilines is 2. The number of carbonyl (C=O) groups is 1. The zero-order chi connectivity index (χ0) is 22.2. The predicted molar refractivity (Wildman–Crippen MR) is 137 cm³/mol. The highest BCUT2D eigenvalue weighted by Crippen LogP contribution is 2.37. The van der Waals surface area contributed by atoms with E-state index in [1.165, 1.54) is 11.8 Å². The van der Waals surface area contributed by atoms with E-state index >= 15 is 0 Å². The molecule has 5 aromatic rings. The smallest absolute Gasteiger partial charge is 0.286 e. The van der Waals surface area contributed by atoms with Gasteiger partial charge in [0.2, 0.25) is 0 Å². The molecule has 0 aliphatic carbocycles. The number of aliphatic imine (C=N–C) groups is 1. The first-order chi connectivity index (χ1) is 16.3. The lowest BCUT2D eigenvalue weighted by atomic mass is 10.1. The Morgan fingerprint density at radius 2 is 1.36 bits per heavy atom. The minimum Gasteiger partial charge on any atom is -0.456 e. The van der Waals surface area contributed by atoms with Gasteiger partial charge in [0.1, 0.15) is 11.2 Å². The number of carbonyl (C=O) groups excluding carboxylic acids is 1. The van der Waals surface area contributed by atoms with Crippen LogP contribution in [-0.2, 0) is 4.79 Å². The van der Waals surface area contributed by atoms with Crippen LogP contribution < -0.4 is 4.90 Å². The molecule has 1 amide bonds. The van der Waals surface area contributed by atoms with E-state index in [4.69, 9.17) is 4.42 Å². The lowest BCUT2D eigenvalue weighted by Gasteiger charge is -2.23. The van der Waals surface area contributed by atoms with E-state index in [9.17, 15) is 4.79 Å². The molecule has 0 bridgehead atoms. The lowest BCUT2D eigenvalue weighted by molar-refractivity contribution is -0.113. The van der Waals surface area contributed by atoms with E-state index in [0.717, 1.165) is 38.9 Å². The molecular formula is C28H18N2O2S. The molecule has 4 nitrogen and oxygen atoms in total. The third-order valence-electron chi connectivity index (χ3n) is 5.53. The standard InChI is InChI=1S/C28H18N2O2S/c31-27-26(18-19-15-16-25-23(17-19)22-13-7-8-14-24(22)32-25)33-28(29-27)30(20-9-3-1-4-10-20)21-11-5-2-6-12-21/h1-18H/b26-18+. The number of furan rings is 1. The molecule has 1 aliphatic rings. The molecule has 158 valence electrons. The van der Waals surface area contributed by atoms with Crippen molar-refractivity contribution in [3.05, 3.63) is 114 Å². The Balaban J connectivity index is 1.37. The average molecular weight is 447 g/mol. The maximum atomic E-state index is 12.9. The van der Waals surface area contributed by atoms with Gasteiger partial charge in [0.05, 0.1) is 4.91 Å². The molecule has 0 saturated carbocycles. The van der Waals surface area contributed by atoms with Crippen molar-refractivity contribution in [3.8, 4) is 0 Å². The summed E-state index contributed by atoms with van der Waals surface area (Å²) in [6.07, 6.45) is 1.90. The number of benzene rings is 4. The van der Waals surface area contributed by atoms with Gasteiger partial charge in [-0.2, -0.15) is 4.99 Å². The minimum absolute atomic E-state index is 0.232. The van der Waals surface area contributed by atoms with Gasteiger partial charge in [-0.15, -0.1) is 0 Å². The van der Waals surface area contributed by atoms with Gasteiger partial charge >= 0.3 is 0 Å².